The second-order valence-electron chi connectivity index (χ2n) is 3.75. The van der Waals surface area contributed by atoms with E-state index in [0.29, 0.717) is 5.92 Å². The van der Waals surface area contributed by atoms with E-state index in [1.54, 1.807) is 13.1 Å². The smallest absolute Gasteiger partial charge is 0.131 e. The van der Waals surface area contributed by atoms with Gasteiger partial charge in [-0.05, 0) is 20.3 Å². The van der Waals surface area contributed by atoms with Gasteiger partial charge >= 0.3 is 0 Å². The zero-order valence-corrected chi connectivity index (χ0v) is 9.28. The number of hydrogen-bond donors (Lipinski definition) is 1. The van der Waals surface area contributed by atoms with Crippen LogP contribution in [-0.2, 0) is 0 Å². The molecule has 0 aliphatic rings. The van der Waals surface area contributed by atoms with Gasteiger partial charge in [-0.25, -0.2) is 9.97 Å². The predicted molar refractivity (Wildman–Crippen MR) is 56.1 cm³/mol. The van der Waals surface area contributed by atoms with Gasteiger partial charge in [0.2, 0.25) is 0 Å². The van der Waals surface area contributed by atoms with Crippen LogP contribution in [0, 0.1) is 6.92 Å². The van der Waals surface area contributed by atoms with Gasteiger partial charge in [-0.3, -0.25) is 0 Å². The van der Waals surface area contributed by atoms with Gasteiger partial charge in [0.1, 0.15) is 5.82 Å². The maximum Gasteiger partial charge on any atom is 0.131 e. The molecule has 3 heteroatoms. The third kappa shape index (κ3) is 2.29. The van der Waals surface area contributed by atoms with E-state index in [4.69, 9.17) is 0 Å². The highest BCUT2D eigenvalue weighted by Gasteiger charge is 2.11. The number of hydrogen-bond acceptors (Lipinski definition) is 3. The Kier molecular flexibility index (Phi) is 3.58. The maximum atomic E-state index is 9.41. The van der Waals surface area contributed by atoms with Crippen LogP contribution in [-0.4, -0.2) is 15.1 Å². The van der Waals surface area contributed by atoms with E-state index < -0.39 is 6.10 Å². The first-order valence-electron chi connectivity index (χ1n) is 5.07. The summed E-state index contributed by atoms with van der Waals surface area (Å²) in [5, 5.41) is 9.41. The Hall–Kier alpha value is -0.960. The molecule has 1 N–H and O–H groups in total. The maximum absolute atomic E-state index is 9.41. The first kappa shape index (κ1) is 11.1. The standard InChI is InChI=1S/C11H18N2O/c1-5-7(2)11-12-6-10(9(4)14)8(3)13-11/h6-7,9,14H,5H2,1-4H3. The first-order chi connectivity index (χ1) is 6.56. The molecule has 0 amide bonds. The van der Waals surface area contributed by atoms with Crippen LogP contribution in [0.3, 0.4) is 0 Å². The number of aromatic nitrogens is 2. The average Bonchev–Trinajstić information content (AvgIpc) is 2.15. The summed E-state index contributed by atoms with van der Waals surface area (Å²) in [6, 6.07) is 0. The van der Waals surface area contributed by atoms with Crippen molar-refractivity contribution in [2.75, 3.05) is 0 Å². The van der Waals surface area contributed by atoms with Gasteiger partial charge in [-0.15, -0.1) is 0 Å². The van der Waals surface area contributed by atoms with Crippen LogP contribution < -0.4 is 0 Å². The van der Waals surface area contributed by atoms with Crippen molar-refractivity contribution in [3.05, 3.63) is 23.3 Å². The Bertz CT molecular complexity index is 310. The molecule has 0 aliphatic carbocycles. The van der Waals surface area contributed by atoms with E-state index in [9.17, 15) is 5.11 Å². The molecule has 3 nitrogen and oxygen atoms in total. The summed E-state index contributed by atoms with van der Waals surface area (Å²) in [5.41, 5.74) is 1.70. The molecule has 0 aromatic carbocycles. The molecule has 0 saturated carbocycles. The van der Waals surface area contributed by atoms with Crippen molar-refractivity contribution in [3.8, 4) is 0 Å². The molecule has 1 rings (SSSR count). The molecular formula is C11H18N2O. The minimum atomic E-state index is -0.485. The Morgan fingerprint density at radius 1 is 1.43 bits per heavy atom. The molecule has 78 valence electrons. The van der Waals surface area contributed by atoms with Crippen molar-refractivity contribution in [2.24, 2.45) is 0 Å². The number of aliphatic hydroxyl groups excluding tert-OH is 1. The lowest BCUT2D eigenvalue weighted by molar-refractivity contribution is 0.197. The molecule has 0 spiro atoms. The monoisotopic (exact) mass is 194 g/mol. The lowest BCUT2D eigenvalue weighted by Gasteiger charge is -2.11. The van der Waals surface area contributed by atoms with Gasteiger partial charge < -0.3 is 5.11 Å². The van der Waals surface area contributed by atoms with Crippen molar-refractivity contribution in [2.45, 2.75) is 46.1 Å². The fraction of sp³-hybridized carbons (Fsp3) is 0.636. The third-order valence-electron chi connectivity index (χ3n) is 2.54. The summed E-state index contributed by atoms with van der Waals surface area (Å²) in [4.78, 5) is 8.65. The summed E-state index contributed by atoms with van der Waals surface area (Å²) in [6.45, 7) is 7.87. The topological polar surface area (TPSA) is 46.0 Å². The van der Waals surface area contributed by atoms with Crippen LogP contribution in [0.25, 0.3) is 0 Å². The Labute approximate surface area is 85.2 Å². The Morgan fingerprint density at radius 3 is 2.50 bits per heavy atom. The number of rotatable bonds is 3. The lowest BCUT2D eigenvalue weighted by atomic mass is 10.1. The molecule has 0 radical (unpaired) electrons. The van der Waals surface area contributed by atoms with Crippen LogP contribution in [0.1, 0.15) is 56.3 Å². The summed E-state index contributed by atoms with van der Waals surface area (Å²) >= 11 is 0. The van der Waals surface area contributed by atoms with E-state index >= 15 is 0 Å². The van der Waals surface area contributed by atoms with Crippen molar-refractivity contribution in [1.29, 1.82) is 0 Å². The van der Waals surface area contributed by atoms with E-state index in [-0.39, 0.29) is 0 Å². The highest BCUT2D eigenvalue weighted by atomic mass is 16.3. The van der Waals surface area contributed by atoms with Crippen molar-refractivity contribution < 1.29 is 5.11 Å². The molecular weight excluding hydrogens is 176 g/mol. The van der Waals surface area contributed by atoms with Gasteiger partial charge in [-0.1, -0.05) is 13.8 Å². The molecule has 2 unspecified atom stereocenters. The largest absolute Gasteiger partial charge is 0.389 e. The van der Waals surface area contributed by atoms with Crippen molar-refractivity contribution >= 4 is 0 Å². The normalized spacial score (nSPS) is 15.2. The predicted octanol–water partition coefficient (Wildman–Crippen LogP) is 2.35. The quantitative estimate of drug-likeness (QED) is 0.803. The van der Waals surface area contributed by atoms with Crippen LogP contribution in [0.2, 0.25) is 0 Å². The fourth-order valence-electron chi connectivity index (χ4n) is 1.32. The molecule has 1 aromatic rings. The average molecular weight is 194 g/mol. The van der Waals surface area contributed by atoms with Crippen LogP contribution in [0.5, 0.6) is 0 Å². The van der Waals surface area contributed by atoms with Crippen molar-refractivity contribution in [3.63, 3.8) is 0 Å². The lowest BCUT2D eigenvalue weighted by Crippen LogP contribution is -2.05. The molecule has 1 heterocycles. The van der Waals surface area contributed by atoms with Crippen LogP contribution in [0.4, 0.5) is 0 Å². The zero-order valence-electron chi connectivity index (χ0n) is 9.28. The van der Waals surface area contributed by atoms with E-state index in [1.165, 1.54) is 0 Å². The second kappa shape index (κ2) is 4.51. The molecule has 2 atom stereocenters. The SMILES string of the molecule is CCC(C)c1ncc(C(C)O)c(C)n1. The molecule has 0 saturated heterocycles. The number of aliphatic hydroxyl groups is 1. The molecule has 0 bridgehead atoms. The number of aryl methyl sites for hydroxylation is 1. The Morgan fingerprint density at radius 2 is 2.07 bits per heavy atom. The van der Waals surface area contributed by atoms with Crippen LogP contribution >= 0.6 is 0 Å². The summed E-state index contributed by atoms with van der Waals surface area (Å²) in [5.74, 6) is 1.26. The summed E-state index contributed by atoms with van der Waals surface area (Å²) in [6.07, 6.45) is 2.28. The van der Waals surface area contributed by atoms with E-state index in [1.807, 2.05) is 6.92 Å². The van der Waals surface area contributed by atoms with Gasteiger partial charge in [0.25, 0.3) is 0 Å². The molecule has 14 heavy (non-hydrogen) atoms. The minimum Gasteiger partial charge on any atom is -0.389 e. The van der Waals surface area contributed by atoms with Gasteiger partial charge in [0.15, 0.2) is 0 Å². The second-order valence-corrected chi connectivity index (χ2v) is 3.75. The third-order valence-corrected chi connectivity index (χ3v) is 2.54. The highest BCUT2D eigenvalue weighted by Crippen LogP contribution is 2.18. The van der Waals surface area contributed by atoms with Crippen molar-refractivity contribution in [1.82, 2.24) is 9.97 Å². The number of nitrogens with zero attached hydrogens (tertiary/aromatic N) is 2. The Balaban J connectivity index is 3.00. The van der Waals surface area contributed by atoms with Gasteiger partial charge in [0.05, 0.1) is 6.10 Å². The molecule has 1 aromatic heterocycles. The fourth-order valence-corrected chi connectivity index (χ4v) is 1.32. The van der Waals surface area contributed by atoms with Crippen LogP contribution in [0.15, 0.2) is 6.20 Å². The minimum absolute atomic E-state index is 0.386. The first-order valence-corrected chi connectivity index (χ1v) is 5.07. The molecule has 0 aliphatic heterocycles. The van der Waals surface area contributed by atoms with E-state index in [0.717, 1.165) is 23.5 Å². The zero-order chi connectivity index (χ0) is 10.7. The van der Waals surface area contributed by atoms with E-state index in [2.05, 4.69) is 23.8 Å². The van der Waals surface area contributed by atoms with Gasteiger partial charge in [-0.2, -0.15) is 0 Å². The summed E-state index contributed by atoms with van der Waals surface area (Å²) < 4.78 is 0. The highest BCUT2D eigenvalue weighted by molar-refractivity contribution is 5.19. The summed E-state index contributed by atoms with van der Waals surface area (Å²) in [7, 11) is 0. The van der Waals surface area contributed by atoms with Gasteiger partial charge in [0, 0.05) is 23.4 Å². The molecule has 0 fully saturated rings.